The fraction of sp³-hybridized carbons (Fsp3) is 0.158. The molecule has 2 heterocycles. The van der Waals surface area contributed by atoms with Crippen LogP contribution >= 0.6 is 23.4 Å². The SMILES string of the molecule is CCOc1ccccc1-c1noc(CSc2nnc(-c3ccccc3Cl)n2N)n1. The zero-order valence-corrected chi connectivity index (χ0v) is 17.0. The first kappa shape index (κ1) is 19.3. The van der Waals surface area contributed by atoms with Crippen LogP contribution in [0.2, 0.25) is 5.02 Å². The summed E-state index contributed by atoms with van der Waals surface area (Å²) >= 11 is 7.56. The summed E-state index contributed by atoms with van der Waals surface area (Å²) in [5.41, 5.74) is 1.49. The van der Waals surface area contributed by atoms with Crippen LogP contribution in [0.25, 0.3) is 22.8 Å². The van der Waals surface area contributed by atoms with Gasteiger partial charge >= 0.3 is 0 Å². The fourth-order valence-corrected chi connectivity index (χ4v) is 3.60. The summed E-state index contributed by atoms with van der Waals surface area (Å²) < 4.78 is 12.4. The maximum atomic E-state index is 6.22. The van der Waals surface area contributed by atoms with Crippen LogP contribution in [0.15, 0.2) is 58.2 Å². The lowest BCUT2D eigenvalue weighted by Gasteiger charge is -2.06. The summed E-state index contributed by atoms with van der Waals surface area (Å²) in [4.78, 5) is 4.45. The molecule has 0 amide bonds. The molecule has 148 valence electrons. The average Bonchev–Trinajstić information content (AvgIpc) is 3.34. The van der Waals surface area contributed by atoms with E-state index in [4.69, 9.17) is 26.7 Å². The molecule has 0 spiro atoms. The molecule has 0 atom stereocenters. The number of ether oxygens (including phenoxy) is 1. The Labute approximate surface area is 176 Å². The van der Waals surface area contributed by atoms with E-state index in [9.17, 15) is 0 Å². The summed E-state index contributed by atoms with van der Waals surface area (Å²) in [5, 5.41) is 13.4. The van der Waals surface area contributed by atoms with E-state index in [0.717, 1.165) is 5.56 Å². The standard InChI is InChI=1S/C19H17ClN6O2S/c1-2-27-15-10-6-4-8-13(15)17-22-16(28-25-17)11-29-19-24-23-18(26(19)21)12-7-3-5-9-14(12)20/h3-10H,2,11,21H2,1H3. The van der Waals surface area contributed by atoms with E-state index in [1.54, 1.807) is 6.07 Å². The number of hydrogen-bond acceptors (Lipinski definition) is 8. The number of halogens is 1. The van der Waals surface area contributed by atoms with Crippen LogP contribution in [0.3, 0.4) is 0 Å². The van der Waals surface area contributed by atoms with Gasteiger partial charge in [-0.25, -0.2) is 4.68 Å². The lowest BCUT2D eigenvalue weighted by molar-refractivity contribution is 0.341. The number of para-hydroxylation sites is 1. The van der Waals surface area contributed by atoms with Gasteiger partial charge in [0.2, 0.25) is 16.9 Å². The Balaban J connectivity index is 1.50. The third-order valence-corrected chi connectivity index (χ3v) is 5.26. The van der Waals surface area contributed by atoms with Crippen molar-refractivity contribution in [1.29, 1.82) is 0 Å². The molecule has 2 N–H and O–H groups in total. The minimum atomic E-state index is 0.391. The lowest BCUT2D eigenvalue weighted by Crippen LogP contribution is -2.11. The van der Waals surface area contributed by atoms with E-state index in [2.05, 4.69) is 20.3 Å². The predicted molar refractivity (Wildman–Crippen MR) is 111 cm³/mol. The van der Waals surface area contributed by atoms with Gasteiger partial charge in [0.05, 0.1) is 22.9 Å². The molecule has 0 saturated carbocycles. The Morgan fingerprint density at radius 2 is 1.86 bits per heavy atom. The van der Waals surface area contributed by atoms with Crippen molar-refractivity contribution < 1.29 is 9.26 Å². The quantitative estimate of drug-likeness (QED) is 0.347. The molecular weight excluding hydrogens is 412 g/mol. The molecule has 10 heteroatoms. The van der Waals surface area contributed by atoms with Gasteiger partial charge in [0.15, 0.2) is 5.82 Å². The van der Waals surface area contributed by atoms with Crippen molar-refractivity contribution in [2.75, 3.05) is 12.4 Å². The number of benzene rings is 2. The van der Waals surface area contributed by atoms with Gasteiger partial charge in [-0.2, -0.15) is 4.98 Å². The third-order valence-electron chi connectivity index (χ3n) is 4.00. The Hall–Kier alpha value is -3.04. The van der Waals surface area contributed by atoms with Crippen LogP contribution in [-0.2, 0) is 5.75 Å². The number of nitrogens with zero attached hydrogens (tertiary/aromatic N) is 5. The molecule has 2 aromatic carbocycles. The molecule has 4 aromatic rings. The Kier molecular flexibility index (Phi) is 5.68. The number of aromatic nitrogens is 5. The monoisotopic (exact) mass is 428 g/mol. The molecule has 2 aromatic heterocycles. The molecule has 0 fully saturated rings. The minimum absolute atomic E-state index is 0.391. The normalized spacial score (nSPS) is 11.0. The third kappa shape index (κ3) is 4.06. The van der Waals surface area contributed by atoms with E-state index >= 15 is 0 Å². The van der Waals surface area contributed by atoms with Crippen LogP contribution in [0.5, 0.6) is 5.75 Å². The first-order chi connectivity index (χ1) is 14.2. The summed E-state index contributed by atoms with van der Waals surface area (Å²) in [6.45, 7) is 2.48. The van der Waals surface area contributed by atoms with Gasteiger partial charge in [0, 0.05) is 5.56 Å². The first-order valence-corrected chi connectivity index (χ1v) is 10.2. The molecule has 0 aliphatic carbocycles. The van der Waals surface area contributed by atoms with Gasteiger partial charge in [-0.15, -0.1) is 10.2 Å². The van der Waals surface area contributed by atoms with Crippen molar-refractivity contribution >= 4 is 23.4 Å². The maximum absolute atomic E-state index is 6.22. The van der Waals surface area contributed by atoms with Crippen LogP contribution < -0.4 is 10.6 Å². The van der Waals surface area contributed by atoms with Crippen LogP contribution in [-0.4, -0.2) is 31.6 Å². The van der Waals surface area contributed by atoms with E-state index in [1.807, 2.05) is 49.4 Å². The molecule has 0 saturated heterocycles. The van der Waals surface area contributed by atoms with E-state index in [0.29, 0.717) is 51.4 Å². The van der Waals surface area contributed by atoms with E-state index in [1.165, 1.54) is 16.4 Å². The van der Waals surface area contributed by atoms with E-state index in [-0.39, 0.29) is 0 Å². The second-order valence-electron chi connectivity index (χ2n) is 5.89. The van der Waals surface area contributed by atoms with Crippen molar-refractivity contribution in [2.24, 2.45) is 0 Å². The highest BCUT2D eigenvalue weighted by molar-refractivity contribution is 7.98. The lowest BCUT2D eigenvalue weighted by atomic mass is 10.2. The first-order valence-electron chi connectivity index (χ1n) is 8.80. The second-order valence-corrected chi connectivity index (χ2v) is 7.24. The van der Waals surface area contributed by atoms with Crippen molar-refractivity contribution in [1.82, 2.24) is 25.0 Å². The number of nitrogen functional groups attached to an aromatic ring is 1. The summed E-state index contributed by atoms with van der Waals surface area (Å²) in [5.74, 6) is 8.64. The van der Waals surface area contributed by atoms with Gasteiger partial charge in [-0.3, -0.25) is 0 Å². The number of hydrogen-bond donors (Lipinski definition) is 1. The number of nitrogens with two attached hydrogens (primary N) is 1. The van der Waals surface area contributed by atoms with Crippen LogP contribution in [0.4, 0.5) is 0 Å². The van der Waals surface area contributed by atoms with Crippen LogP contribution in [0.1, 0.15) is 12.8 Å². The topological polar surface area (TPSA) is 105 Å². The average molecular weight is 429 g/mol. The van der Waals surface area contributed by atoms with Gasteiger partial charge in [0.25, 0.3) is 0 Å². The van der Waals surface area contributed by atoms with Gasteiger partial charge in [-0.05, 0) is 31.2 Å². The highest BCUT2D eigenvalue weighted by atomic mass is 35.5. The van der Waals surface area contributed by atoms with Crippen molar-refractivity contribution in [3.63, 3.8) is 0 Å². The van der Waals surface area contributed by atoms with Crippen molar-refractivity contribution in [3.8, 4) is 28.5 Å². The minimum Gasteiger partial charge on any atom is -0.493 e. The van der Waals surface area contributed by atoms with Crippen molar-refractivity contribution in [3.05, 3.63) is 59.4 Å². The highest BCUT2D eigenvalue weighted by Gasteiger charge is 2.17. The number of thioether (sulfide) groups is 1. The largest absolute Gasteiger partial charge is 0.493 e. The smallest absolute Gasteiger partial charge is 0.237 e. The Morgan fingerprint density at radius 1 is 1.10 bits per heavy atom. The number of rotatable bonds is 7. The van der Waals surface area contributed by atoms with Gasteiger partial charge in [-0.1, -0.05) is 52.8 Å². The summed E-state index contributed by atoms with van der Waals surface area (Å²) in [7, 11) is 0. The molecule has 0 radical (unpaired) electrons. The molecule has 0 aliphatic rings. The van der Waals surface area contributed by atoms with Gasteiger partial charge < -0.3 is 15.1 Å². The highest BCUT2D eigenvalue weighted by Crippen LogP contribution is 2.30. The molecule has 0 bridgehead atoms. The molecule has 0 unspecified atom stereocenters. The summed E-state index contributed by atoms with van der Waals surface area (Å²) in [6.07, 6.45) is 0. The van der Waals surface area contributed by atoms with Crippen molar-refractivity contribution in [2.45, 2.75) is 17.8 Å². The predicted octanol–water partition coefficient (Wildman–Crippen LogP) is 4.05. The zero-order valence-electron chi connectivity index (χ0n) is 15.4. The summed E-state index contributed by atoms with van der Waals surface area (Å²) in [6, 6.07) is 14.9. The van der Waals surface area contributed by atoms with Crippen LogP contribution in [0, 0.1) is 0 Å². The Bertz CT molecular complexity index is 1130. The molecular formula is C19H17ClN6O2S. The molecule has 29 heavy (non-hydrogen) atoms. The molecule has 4 rings (SSSR count). The Morgan fingerprint density at radius 3 is 2.66 bits per heavy atom. The maximum Gasteiger partial charge on any atom is 0.237 e. The van der Waals surface area contributed by atoms with E-state index < -0.39 is 0 Å². The van der Waals surface area contributed by atoms with Gasteiger partial charge in [0.1, 0.15) is 5.75 Å². The zero-order chi connectivity index (χ0) is 20.2. The molecule has 0 aliphatic heterocycles. The fourth-order valence-electron chi connectivity index (χ4n) is 2.68. The molecule has 8 nitrogen and oxygen atoms in total. The second kappa shape index (κ2) is 8.54.